The topological polar surface area (TPSA) is 73.3 Å². The molecule has 1 aliphatic rings. The Morgan fingerprint density at radius 3 is 2.93 bits per heavy atom. The third-order valence-electron chi connectivity index (χ3n) is 3.04. The predicted molar refractivity (Wildman–Crippen MR) is 57.4 cm³/mol. The van der Waals surface area contributed by atoms with E-state index in [4.69, 9.17) is 16.2 Å². The summed E-state index contributed by atoms with van der Waals surface area (Å²) in [5.41, 5.74) is 5.54. The monoisotopic (exact) mass is 199 g/mol. The fourth-order valence-electron chi connectivity index (χ4n) is 2.24. The first-order valence-corrected chi connectivity index (χ1v) is 5.37. The molecule has 4 heteroatoms. The van der Waals surface area contributed by atoms with E-state index in [-0.39, 0.29) is 18.5 Å². The third kappa shape index (κ3) is 2.69. The molecule has 0 aromatic carbocycles. The molecule has 82 valence electrons. The van der Waals surface area contributed by atoms with E-state index < -0.39 is 0 Å². The van der Waals surface area contributed by atoms with Crippen LogP contribution in [0.1, 0.15) is 26.2 Å². The average molecular weight is 199 g/mol. The summed E-state index contributed by atoms with van der Waals surface area (Å²) in [6.07, 6.45) is 2.91. The zero-order valence-corrected chi connectivity index (χ0v) is 8.87. The molecule has 1 heterocycles. The Labute approximate surface area is 85.6 Å². The molecule has 0 aliphatic carbocycles. The lowest BCUT2D eigenvalue weighted by Gasteiger charge is -2.25. The van der Waals surface area contributed by atoms with Crippen LogP contribution in [0.5, 0.6) is 0 Å². The molecule has 0 aromatic rings. The van der Waals surface area contributed by atoms with Crippen molar-refractivity contribution < 1.29 is 5.11 Å². The largest absolute Gasteiger partial charge is 0.396 e. The lowest BCUT2D eigenvalue weighted by atomic mass is 10.1. The van der Waals surface area contributed by atoms with E-state index in [1.807, 2.05) is 0 Å². The van der Waals surface area contributed by atoms with Gasteiger partial charge in [-0.05, 0) is 31.7 Å². The van der Waals surface area contributed by atoms with Gasteiger partial charge in [0.25, 0.3) is 0 Å². The number of nitrogens with one attached hydrogen (secondary N) is 1. The van der Waals surface area contributed by atoms with Crippen molar-refractivity contribution in [2.24, 2.45) is 11.7 Å². The van der Waals surface area contributed by atoms with Gasteiger partial charge in [-0.25, -0.2) is 0 Å². The maximum absolute atomic E-state index is 8.83. The number of likely N-dealkylation sites (tertiary alicyclic amines) is 1. The number of nitrogens with two attached hydrogens (primary N) is 1. The minimum Gasteiger partial charge on any atom is -0.396 e. The van der Waals surface area contributed by atoms with Gasteiger partial charge < -0.3 is 10.8 Å². The zero-order valence-electron chi connectivity index (χ0n) is 8.87. The van der Waals surface area contributed by atoms with Crippen LogP contribution in [-0.4, -0.2) is 41.6 Å². The molecule has 0 saturated carbocycles. The van der Waals surface area contributed by atoms with Gasteiger partial charge in [0.15, 0.2) is 0 Å². The van der Waals surface area contributed by atoms with E-state index in [0.29, 0.717) is 5.92 Å². The van der Waals surface area contributed by atoms with Gasteiger partial charge in [-0.1, -0.05) is 6.92 Å². The molecule has 4 N–H and O–H groups in total. The van der Waals surface area contributed by atoms with E-state index in [1.165, 1.54) is 0 Å². The first-order chi connectivity index (χ1) is 6.69. The van der Waals surface area contributed by atoms with Crippen LogP contribution in [0.4, 0.5) is 0 Å². The van der Waals surface area contributed by atoms with Gasteiger partial charge in [0, 0.05) is 13.2 Å². The van der Waals surface area contributed by atoms with E-state index in [9.17, 15) is 0 Å². The lowest BCUT2D eigenvalue weighted by molar-refractivity contribution is 0.241. The number of hydrogen-bond acceptors (Lipinski definition) is 3. The molecule has 0 aromatic heterocycles. The molecule has 2 atom stereocenters. The molecule has 4 nitrogen and oxygen atoms in total. The number of aliphatic hydroxyl groups excluding tert-OH is 1. The number of aliphatic hydroxyl groups is 1. The SMILES string of the molecule is CCC(C(=N)N)N1CCC(CCO)C1. The van der Waals surface area contributed by atoms with Crippen LogP contribution in [0.25, 0.3) is 0 Å². The van der Waals surface area contributed by atoms with Gasteiger partial charge in [0.05, 0.1) is 6.04 Å². The summed E-state index contributed by atoms with van der Waals surface area (Å²) in [6, 6.07) is 0.110. The number of nitrogens with zero attached hydrogens (tertiary/aromatic N) is 1. The summed E-state index contributed by atoms with van der Waals surface area (Å²) in [7, 11) is 0. The number of hydrogen-bond donors (Lipinski definition) is 3. The summed E-state index contributed by atoms with van der Waals surface area (Å²) >= 11 is 0. The molecular formula is C10H21N3O. The van der Waals surface area contributed by atoms with Crippen molar-refractivity contribution in [2.45, 2.75) is 32.2 Å². The molecule has 1 rings (SSSR count). The molecule has 1 fully saturated rings. The Balaban J connectivity index is 2.43. The first kappa shape index (κ1) is 11.5. The van der Waals surface area contributed by atoms with Crippen molar-refractivity contribution >= 4 is 5.84 Å². The number of amidine groups is 1. The highest BCUT2D eigenvalue weighted by atomic mass is 16.3. The van der Waals surface area contributed by atoms with Crippen LogP contribution >= 0.6 is 0 Å². The summed E-state index contributed by atoms with van der Waals surface area (Å²) < 4.78 is 0. The van der Waals surface area contributed by atoms with Gasteiger partial charge in [0.2, 0.25) is 0 Å². The molecule has 0 radical (unpaired) electrons. The van der Waals surface area contributed by atoms with Gasteiger partial charge >= 0.3 is 0 Å². The molecule has 2 unspecified atom stereocenters. The Morgan fingerprint density at radius 1 is 1.71 bits per heavy atom. The van der Waals surface area contributed by atoms with Crippen LogP contribution in [0.3, 0.4) is 0 Å². The third-order valence-corrected chi connectivity index (χ3v) is 3.04. The van der Waals surface area contributed by atoms with E-state index in [2.05, 4.69) is 11.8 Å². The van der Waals surface area contributed by atoms with Crippen LogP contribution in [-0.2, 0) is 0 Å². The second-order valence-corrected chi connectivity index (χ2v) is 4.04. The van der Waals surface area contributed by atoms with Gasteiger partial charge in [-0.2, -0.15) is 0 Å². The summed E-state index contributed by atoms with van der Waals surface area (Å²) in [5.74, 6) is 0.866. The number of rotatable bonds is 5. The second-order valence-electron chi connectivity index (χ2n) is 4.04. The first-order valence-electron chi connectivity index (χ1n) is 5.37. The van der Waals surface area contributed by atoms with E-state index >= 15 is 0 Å². The van der Waals surface area contributed by atoms with E-state index in [0.717, 1.165) is 32.4 Å². The predicted octanol–water partition coefficient (Wildman–Crippen LogP) is 0.405. The molecule has 0 spiro atoms. The minimum atomic E-state index is 0.110. The van der Waals surface area contributed by atoms with Crippen molar-refractivity contribution in [1.29, 1.82) is 5.41 Å². The van der Waals surface area contributed by atoms with Crippen molar-refractivity contribution in [2.75, 3.05) is 19.7 Å². The maximum Gasteiger partial charge on any atom is 0.108 e. The second kappa shape index (κ2) is 5.32. The summed E-state index contributed by atoms with van der Waals surface area (Å²) in [5, 5.41) is 16.3. The molecule has 0 amide bonds. The highest BCUT2D eigenvalue weighted by Crippen LogP contribution is 2.22. The Bertz CT molecular complexity index is 196. The van der Waals surface area contributed by atoms with Gasteiger partial charge in [-0.3, -0.25) is 10.3 Å². The quantitative estimate of drug-likeness (QED) is 0.443. The van der Waals surface area contributed by atoms with Crippen molar-refractivity contribution in [3.63, 3.8) is 0 Å². The molecular weight excluding hydrogens is 178 g/mol. The van der Waals surface area contributed by atoms with Crippen LogP contribution < -0.4 is 5.73 Å². The standard InChI is InChI=1S/C10H21N3O/c1-2-9(10(11)12)13-5-3-8(7-13)4-6-14/h8-9,14H,2-7H2,1H3,(H3,11,12). The average Bonchev–Trinajstić information content (AvgIpc) is 2.54. The fraction of sp³-hybridized carbons (Fsp3) is 0.900. The van der Waals surface area contributed by atoms with Crippen LogP contribution in [0.2, 0.25) is 0 Å². The zero-order chi connectivity index (χ0) is 10.6. The smallest absolute Gasteiger partial charge is 0.108 e. The maximum atomic E-state index is 8.83. The lowest BCUT2D eigenvalue weighted by Crippen LogP contribution is -2.42. The Hall–Kier alpha value is -0.610. The summed E-state index contributed by atoms with van der Waals surface area (Å²) in [4.78, 5) is 2.27. The molecule has 14 heavy (non-hydrogen) atoms. The Kier molecular flexibility index (Phi) is 4.35. The summed E-state index contributed by atoms with van der Waals surface area (Å²) in [6.45, 7) is 4.34. The Morgan fingerprint density at radius 2 is 2.43 bits per heavy atom. The van der Waals surface area contributed by atoms with Crippen molar-refractivity contribution in [3.8, 4) is 0 Å². The van der Waals surface area contributed by atoms with Crippen LogP contribution in [0.15, 0.2) is 0 Å². The normalized spacial score (nSPS) is 25.1. The highest BCUT2D eigenvalue weighted by Gasteiger charge is 2.28. The van der Waals surface area contributed by atoms with Gasteiger partial charge in [-0.15, -0.1) is 0 Å². The fourth-order valence-corrected chi connectivity index (χ4v) is 2.24. The van der Waals surface area contributed by atoms with E-state index in [1.54, 1.807) is 0 Å². The molecule has 0 bridgehead atoms. The molecule has 1 saturated heterocycles. The van der Waals surface area contributed by atoms with Crippen molar-refractivity contribution in [3.05, 3.63) is 0 Å². The van der Waals surface area contributed by atoms with Crippen molar-refractivity contribution in [1.82, 2.24) is 4.90 Å². The minimum absolute atomic E-state index is 0.110. The van der Waals surface area contributed by atoms with Gasteiger partial charge in [0.1, 0.15) is 5.84 Å². The van der Waals surface area contributed by atoms with Crippen LogP contribution in [0, 0.1) is 11.3 Å². The molecule has 1 aliphatic heterocycles. The highest BCUT2D eigenvalue weighted by molar-refractivity contribution is 5.82.